The summed E-state index contributed by atoms with van der Waals surface area (Å²) >= 11 is 0. The fourth-order valence-electron chi connectivity index (χ4n) is 2.06. The average Bonchev–Trinajstić information content (AvgIpc) is 2.49. The Hall–Kier alpha value is -2.40. The predicted molar refractivity (Wildman–Crippen MR) is 83.7 cm³/mol. The molecule has 1 heterocycles. The highest BCUT2D eigenvalue weighted by Gasteiger charge is 2.15. The smallest absolute Gasteiger partial charge is 0.263 e. The van der Waals surface area contributed by atoms with Crippen molar-refractivity contribution in [2.75, 3.05) is 4.72 Å². The molecule has 0 aliphatic heterocycles. The molecule has 3 aromatic rings. The number of nitrogens with zero attached hydrogens (tertiary/aromatic N) is 1. The van der Waals surface area contributed by atoms with Crippen LogP contribution in [0.25, 0.3) is 10.8 Å². The number of pyridine rings is 1. The van der Waals surface area contributed by atoms with Crippen molar-refractivity contribution < 1.29 is 8.42 Å². The van der Waals surface area contributed by atoms with Crippen molar-refractivity contribution in [1.82, 2.24) is 4.98 Å². The van der Waals surface area contributed by atoms with E-state index in [0.717, 1.165) is 16.3 Å². The van der Waals surface area contributed by atoms with Crippen molar-refractivity contribution in [1.29, 1.82) is 0 Å². The molecule has 4 nitrogen and oxygen atoms in total. The number of anilines is 1. The van der Waals surface area contributed by atoms with E-state index < -0.39 is 10.0 Å². The largest absolute Gasteiger partial charge is 0.263 e. The van der Waals surface area contributed by atoms with E-state index in [1.54, 1.807) is 30.5 Å². The van der Waals surface area contributed by atoms with Crippen LogP contribution in [0.1, 0.15) is 5.56 Å². The third-order valence-electron chi connectivity index (χ3n) is 3.18. The molecular weight excluding hydrogens is 284 g/mol. The number of sulfonamides is 1. The number of hydrogen-bond acceptors (Lipinski definition) is 3. The van der Waals surface area contributed by atoms with Gasteiger partial charge in [0.2, 0.25) is 0 Å². The molecule has 0 fully saturated rings. The van der Waals surface area contributed by atoms with Crippen LogP contribution in [0.3, 0.4) is 0 Å². The molecule has 0 atom stereocenters. The van der Waals surface area contributed by atoms with E-state index in [1.165, 1.54) is 0 Å². The molecule has 0 aliphatic rings. The maximum Gasteiger partial charge on any atom is 0.263 e. The minimum Gasteiger partial charge on any atom is -0.263 e. The highest BCUT2D eigenvalue weighted by Crippen LogP contribution is 2.20. The summed E-state index contributed by atoms with van der Waals surface area (Å²) in [5, 5.41) is 1.89. The van der Waals surface area contributed by atoms with Gasteiger partial charge in [0, 0.05) is 6.20 Å². The molecule has 1 N–H and O–H groups in total. The monoisotopic (exact) mass is 298 g/mol. The Morgan fingerprint density at radius 1 is 0.952 bits per heavy atom. The first kappa shape index (κ1) is 13.6. The Morgan fingerprint density at radius 2 is 1.71 bits per heavy atom. The van der Waals surface area contributed by atoms with Crippen LogP contribution < -0.4 is 4.72 Å². The van der Waals surface area contributed by atoms with Gasteiger partial charge in [0.15, 0.2) is 0 Å². The topological polar surface area (TPSA) is 59.1 Å². The number of rotatable bonds is 3. The van der Waals surface area contributed by atoms with Crippen molar-refractivity contribution in [2.24, 2.45) is 0 Å². The quantitative estimate of drug-likeness (QED) is 0.806. The van der Waals surface area contributed by atoms with Crippen LogP contribution in [-0.2, 0) is 10.0 Å². The molecule has 0 bridgehead atoms. The second kappa shape index (κ2) is 5.18. The summed E-state index contributed by atoms with van der Waals surface area (Å²) in [6.45, 7) is 1.90. The van der Waals surface area contributed by atoms with E-state index >= 15 is 0 Å². The lowest BCUT2D eigenvalue weighted by Crippen LogP contribution is -2.13. The third-order valence-corrected chi connectivity index (χ3v) is 4.53. The van der Waals surface area contributed by atoms with Crippen LogP contribution in [0.15, 0.2) is 65.7 Å². The minimum atomic E-state index is -3.63. The molecule has 0 amide bonds. The van der Waals surface area contributed by atoms with E-state index in [-0.39, 0.29) is 4.90 Å². The molecule has 3 rings (SSSR count). The predicted octanol–water partition coefficient (Wildman–Crippen LogP) is 3.34. The van der Waals surface area contributed by atoms with E-state index in [2.05, 4.69) is 9.71 Å². The second-order valence-corrected chi connectivity index (χ2v) is 6.52. The number of aromatic nitrogens is 1. The summed E-state index contributed by atoms with van der Waals surface area (Å²) in [7, 11) is -3.63. The van der Waals surface area contributed by atoms with Gasteiger partial charge in [-0.1, -0.05) is 36.4 Å². The SMILES string of the molecule is Cc1ccc(NS(=O)(=O)c2ccc3ccccc3c2)nc1. The standard InChI is InChI=1S/C16H14N2O2S/c1-12-6-9-16(17-11-12)18-21(19,20)15-8-7-13-4-2-3-5-14(13)10-15/h2-11H,1H3,(H,17,18). The summed E-state index contributed by atoms with van der Waals surface area (Å²) in [6.07, 6.45) is 1.62. The van der Waals surface area contributed by atoms with E-state index in [4.69, 9.17) is 0 Å². The van der Waals surface area contributed by atoms with Crippen LogP contribution in [-0.4, -0.2) is 13.4 Å². The number of fused-ring (bicyclic) bond motifs is 1. The Bertz CT molecular complexity index is 888. The third kappa shape index (κ3) is 2.87. The van der Waals surface area contributed by atoms with E-state index in [0.29, 0.717) is 5.82 Å². The Kier molecular flexibility index (Phi) is 3.35. The zero-order valence-electron chi connectivity index (χ0n) is 11.4. The highest BCUT2D eigenvalue weighted by molar-refractivity contribution is 7.92. The Labute approximate surface area is 123 Å². The van der Waals surface area contributed by atoms with Crippen LogP contribution >= 0.6 is 0 Å². The second-order valence-electron chi connectivity index (χ2n) is 4.84. The number of nitrogens with one attached hydrogen (secondary N) is 1. The van der Waals surface area contributed by atoms with Crippen molar-refractivity contribution in [3.05, 3.63) is 66.4 Å². The minimum absolute atomic E-state index is 0.226. The molecule has 21 heavy (non-hydrogen) atoms. The van der Waals surface area contributed by atoms with Gasteiger partial charge in [0.05, 0.1) is 4.90 Å². The van der Waals surface area contributed by atoms with Gasteiger partial charge >= 0.3 is 0 Å². The molecule has 1 aromatic heterocycles. The van der Waals surface area contributed by atoms with Crippen LogP contribution in [0, 0.1) is 6.92 Å². The van der Waals surface area contributed by atoms with Gasteiger partial charge in [0.1, 0.15) is 5.82 Å². The van der Waals surface area contributed by atoms with Crippen molar-refractivity contribution >= 4 is 26.6 Å². The van der Waals surface area contributed by atoms with Gasteiger partial charge in [-0.25, -0.2) is 13.4 Å². The molecule has 5 heteroatoms. The molecule has 0 unspecified atom stereocenters. The normalized spacial score (nSPS) is 11.5. The number of benzene rings is 2. The molecule has 0 saturated heterocycles. The lowest BCUT2D eigenvalue weighted by Gasteiger charge is -2.08. The van der Waals surface area contributed by atoms with Crippen molar-refractivity contribution in [3.63, 3.8) is 0 Å². The molecule has 0 saturated carbocycles. The van der Waals surface area contributed by atoms with Crippen LogP contribution in [0.4, 0.5) is 5.82 Å². The zero-order valence-corrected chi connectivity index (χ0v) is 12.3. The molecule has 0 radical (unpaired) electrons. The van der Waals surface area contributed by atoms with E-state index in [9.17, 15) is 8.42 Å². The molecule has 2 aromatic carbocycles. The number of hydrogen-bond donors (Lipinski definition) is 1. The fourth-order valence-corrected chi connectivity index (χ4v) is 3.10. The van der Waals surface area contributed by atoms with Gasteiger partial charge < -0.3 is 0 Å². The molecule has 0 spiro atoms. The first-order chi connectivity index (χ1) is 10.0. The summed E-state index contributed by atoms with van der Waals surface area (Å²) in [5.74, 6) is 0.314. The lowest BCUT2D eigenvalue weighted by molar-refractivity contribution is 0.601. The van der Waals surface area contributed by atoms with Crippen LogP contribution in [0.2, 0.25) is 0 Å². The van der Waals surface area contributed by atoms with Gasteiger partial charge in [-0.3, -0.25) is 4.72 Å². The van der Waals surface area contributed by atoms with Crippen molar-refractivity contribution in [3.8, 4) is 0 Å². The summed E-state index contributed by atoms with van der Waals surface area (Å²) in [5.41, 5.74) is 0.976. The Balaban J connectivity index is 1.97. The maximum absolute atomic E-state index is 12.4. The Morgan fingerprint density at radius 3 is 2.43 bits per heavy atom. The highest BCUT2D eigenvalue weighted by atomic mass is 32.2. The first-order valence-electron chi connectivity index (χ1n) is 6.49. The molecular formula is C16H14N2O2S. The zero-order chi connectivity index (χ0) is 14.9. The molecule has 0 aliphatic carbocycles. The summed E-state index contributed by atoms with van der Waals surface area (Å²) in [4.78, 5) is 4.29. The first-order valence-corrected chi connectivity index (χ1v) is 7.97. The van der Waals surface area contributed by atoms with E-state index in [1.807, 2.05) is 37.3 Å². The number of aryl methyl sites for hydroxylation is 1. The molecule has 106 valence electrons. The van der Waals surface area contributed by atoms with Gasteiger partial charge in [0.25, 0.3) is 10.0 Å². The van der Waals surface area contributed by atoms with Crippen LogP contribution in [0.5, 0.6) is 0 Å². The van der Waals surface area contributed by atoms with Gasteiger partial charge in [-0.15, -0.1) is 0 Å². The summed E-state index contributed by atoms with van der Waals surface area (Å²) < 4.78 is 27.2. The maximum atomic E-state index is 12.4. The van der Waals surface area contributed by atoms with Gasteiger partial charge in [-0.05, 0) is 41.5 Å². The van der Waals surface area contributed by atoms with Crippen molar-refractivity contribution in [2.45, 2.75) is 11.8 Å². The lowest BCUT2D eigenvalue weighted by atomic mass is 10.1. The average molecular weight is 298 g/mol. The summed E-state index contributed by atoms with van der Waals surface area (Å²) in [6, 6.07) is 16.1. The fraction of sp³-hybridized carbons (Fsp3) is 0.0625. The van der Waals surface area contributed by atoms with Gasteiger partial charge in [-0.2, -0.15) is 0 Å².